The number of benzene rings is 2. The Bertz CT molecular complexity index is 1170. The highest BCUT2D eigenvalue weighted by Gasteiger charge is 2.32. The van der Waals surface area contributed by atoms with Crippen LogP contribution in [0.1, 0.15) is 48.4 Å². The molecule has 1 aliphatic heterocycles. The predicted octanol–water partition coefficient (Wildman–Crippen LogP) is 4.63. The van der Waals surface area contributed by atoms with Gasteiger partial charge in [-0.3, -0.25) is 9.59 Å². The van der Waals surface area contributed by atoms with Crippen LogP contribution in [0.15, 0.2) is 58.5 Å². The summed E-state index contributed by atoms with van der Waals surface area (Å²) < 4.78 is 5.94. The molecule has 6 nitrogen and oxygen atoms in total. The molecule has 31 heavy (non-hydrogen) atoms. The molecule has 0 radical (unpaired) electrons. The lowest BCUT2D eigenvalue weighted by Gasteiger charge is -2.26. The number of para-hydroxylation sites is 1. The fourth-order valence-electron chi connectivity index (χ4n) is 3.73. The highest BCUT2D eigenvalue weighted by atomic mass is 32.2. The zero-order valence-corrected chi connectivity index (χ0v) is 18.6. The number of carbonyl (C=O) groups is 1. The van der Waals surface area contributed by atoms with Crippen LogP contribution in [0.4, 0.5) is 5.82 Å². The maximum atomic E-state index is 13.1. The Morgan fingerprint density at radius 3 is 2.65 bits per heavy atom. The number of aryl methyl sites for hydroxylation is 1. The quantitative estimate of drug-likeness (QED) is 0.436. The number of rotatable bonds is 6. The van der Waals surface area contributed by atoms with Crippen LogP contribution in [-0.2, 0) is 10.5 Å². The zero-order valence-electron chi connectivity index (χ0n) is 17.8. The Labute approximate surface area is 185 Å². The van der Waals surface area contributed by atoms with Crippen molar-refractivity contribution in [2.24, 2.45) is 0 Å². The molecule has 160 valence electrons. The summed E-state index contributed by atoms with van der Waals surface area (Å²) in [5, 5.41) is 3.27. The summed E-state index contributed by atoms with van der Waals surface area (Å²) in [4.78, 5) is 33.0. The minimum Gasteiger partial charge on any atom is -0.491 e. The van der Waals surface area contributed by atoms with Gasteiger partial charge in [0.25, 0.3) is 5.56 Å². The number of aromatic amines is 1. The number of amides is 1. The Morgan fingerprint density at radius 2 is 1.87 bits per heavy atom. The molecule has 1 amide bonds. The first-order valence-electron chi connectivity index (χ1n) is 10.3. The van der Waals surface area contributed by atoms with Crippen molar-refractivity contribution in [1.29, 1.82) is 0 Å². The summed E-state index contributed by atoms with van der Waals surface area (Å²) in [7, 11) is 0. The number of thioether (sulfide) groups is 1. The molecule has 1 aromatic heterocycles. The Kier molecular flexibility index (Phi) is 6.13. The van der Waals surface area contributed by atoms with Gasteiger partial charge in [-0.05, 0) is 38.0 Å². The molecule has 7 heteroatoms. The van der Waals surface area contributed by atoms with Gasteiger partial charge in [0.15, 0.2) is 5.16 Å². The average Bonchev–Trinajstić information content (AvgIpc) is 2.72. The van der Waals surface area contributed by atoms with E-state index in [1.165, 1.54) is 22.9 Å². The topological polar surface area (TPSA) is 84.1 Å². The second-order valence-electron chi connectivity index (χ2n) is 7.86. The lowest BCUT2D eigenvalue weighted by Crippen LogP contribution is -2.31. The molecule has 0 unspecified atom stereocenters. The first kappa shape index (κ1) is 21.2. The van der Waals surface area contributed by atoms with Gasteiger partial charge in [0.1, 0.15) is 11.6 Å². The number of nitrogens with one attached hydrogen (secondary N) is 2. The van der Waals surface area contributed by atoms with Gasteiger partial charge in [0.05, 0.1) is 11.7 Å². The van der Waals surface area contributed by atoms with Gasteiger partial charge < -0.3 is 15.0 Å². The molecule has 0 saturated heterocycles. The van der Waals surface area contributed by atoms with Crippen molar-refractivity contribution >= 4 is 23.5 Å². The van der Waals surface area contributed by atoms with Gasteiger partial charge in [0, 0.05) is 23.7 Å². The number of hydrogen-bond donors (Lipinski definition) is 2. The molecule has 1 aliphatic rings. The molecule has 0 saturated carbocycles. The van der Waals surface area contributed by atoms with E-state index >= 15 is 0 Å². The van der Waals surface area contributed by atoms with Crippen LogP contribution in [0, 0.1) is 6.92 Å². The molecule has 4 rings (SSSR count). The molecule has 2 heterocycles. The normalized spacial score (nSPS) is 15.5. The summed E-state index contributed by atoms with van der Waals surface area (Å²) in [6, 6.07) is 15.7. The predicted molar refractivity (Wildman–Crippen MR) is 123 cm³/mol. The van der Waals surface area contributed by atoms with E-state index in [4.69, 9.17) is 4.74 Å². The monoisotopic (exact) mass is 435 g/mol. The van der Waals surface area contributed by atoms with Crippen molar-refractivity contribution in [1.82, 2.24) is 9.97 Å². The number of anilines is 1. The van der Waals surface area contributed by atoms with Gasteiger partial charge in [0.2, 0.25) is 5.91 Å². The fraction of sp³-hybridized carbons (Fsp3) is 0.292. The minimum atomic E-state index is -0.412. The lowest BCUT2D eigenvalue weighted by atomic mass is 9.86. The van der Waals surface area contributed by atoms with Crippen LogP contribution in [0.2, 0.25) is 0 Å². The van der Waals surface area contributed by atoms with Crippen molar-refractivity contribution in [3.63, 3.8) is 0 Å². The van der Waals surface area contributed by atoms with Gasteiger partial charge in [-0.15, -0.1) is 0 Å². The van der Waals surface area contributed by atoms with E-state index in [1.807, 2.05) is 50.2 Å². The number of ether oxygens (including phenoxy) is 1. The number of hydrogen-bond acceptors (Lipinski definition) is 5. The summed E-state index contributed by atoms with van der Waals surface area (Å²) in [5.41, 5.74) is 3.42. The standard InChI is InChI=1S/C24H25N3O3S/c1-14(2)30-19-11-7-6-10-17(19)18-12-20(28)25-22-21(18)23(29)27-24(26-22)31-13-16-9-5-4-8-15(16)3/h4-11,14,18H,12-13H2,1-3H3,(H2,25,26,27,28,29)/t18-/m1/s1. The smallest absolute Gasteiger partial charge is 0.257 e. The highest BCUT2D eigenvalue weighted by molar-refractivity contribution is 7.98. The van der Waals surface area contributed by atoms with E-state index in [2.05, 4.69) is 34.3 Å². The van der Waals surface area contributed by atoms with Crippen LogP contribution in [0.25, 0.3) is 0 Å². The summed E-state index contributed by atoms with van der Waals surface area (Å²) in [6.45, 7) is 5.95. The molecule has 0 spiro atoms. The molecule has 0 fully saturated rings. The van der Waals surface area contributed by atoms with Crippen molar-refractivity contribution in [3.8, 4) is 5.75 Å². The van der Waals surface area contributed by atoms with E-state index in [0.717, 1.165) is 5.56 Å². The number of carbonyl (C=O) groups excluding carboxylic acids is 1. The lowest BCUT2D eigenvalue weighted by molar-refractivity contribution is -0.116. The SMILES string of the molecule is Cc1ccccc1CSc1nc2c(c(=O)[nH]1)[C@@H](c1ccccc1OC(C)C)CC(=O)N2. The third-order valence-corrected chi connectivity index (χ3v) is 6.13. The second-order valence-corrected chi connectivity index (χ2v) is 8.82. The Balaban J connectivity index is 1.68. The summed E-state index contributed by atoms with van der Waals surface area (Å²) in [6.07, 6.45) is 0.154. The fourth-order valence-corrected chi connectivity index (χ4v) is 4.67. The van der Waals surface area contributed by atoms with Crippen LogP contribution in [0.5, 0.6) is 5.75 Å². The molecule has 2 aromatic carbocycles. The van der Waals surface area contributed by atoms with E-state index < -0.39 is 5.92 Å². The van der Waals surface area contributed by atoms with Crippen LogP contribution in [0.3, 0.4) is 0 Å². The molecule has 3 aromatic rings. The molecule has 2 N–H and O–H groups in total. The zero-order chi connectivity index (χ0) is 22.0. The van der Waals surface area contributed by atoms with Crippen LogP contribution >= 0.6 is 11.8 Å². The minimum absolute atomic E-state index is 0.0188. The van der Waals surface area contributed by atoms with Gasteiger partial charge >= 0.3 is 0 Å². The number of fused-ring (bicyclic) bond motifs is 1. The van der Waals surface area contributed by atoms with E-state index in [-0.39, 0.29) is 24.0 Å². The first-order chi connectivity index (χ1) is 14.9. The molecule has 0 aliphatic carbocycles. The Hall–Kier alpha value is -3.06. The molecule has 0 bridgehead atoms. The number of H-pyrrole nitrogens is 1. The van der Waals surface area contributed by atoms with Gasteiger partial charge in [-0.1, -0.05) is 54.2 Å². The average molecular weight is 436 g/mol. The van der Waals surface area contributed by atoms with Crippen molar-refractivity contribution in [2.75, 3.05) is 5.32 Å². The second kappa shape index (κ2) is 8.98. The molecular weight excluding hydrogens is 410 g/mol. The maximum absolute atomic E-state index is 13.1. The van der Waals surface area contributed by atoms with E-state index in [0.29, 0.717) is 28.0 Å². The maximum Gasteiger partial charge on any atom is 0.257 e. The van der Waals surface area contributed by atoms with Crippen molar-refractivity contribution in [2.45, 2.75) is 50.1 Å². The number of nitrogens with zero attached hydrogens (tertiary/aromatic N) is 1. The largest absolute Gasteiger partial charge is 0.491 e. The van der Waals surface area contributed by atoms with E-state index in [1.54, 1.807) is 0 Å². The van der Waals surface area contributed by atoms with Gasteiger partial charge in [-0.2, -0.15) is 0 Å². The van der Waals surface area contributed by atoms with Crippen LogP contribution < -0.4 is 15.6 Å². The van der Waals surface area contributed by atoms with Crippen LogP contribution in [-0.4, -0.2) is 22.0 Å². The highest BCUT2D eigenvalue weighted by Crippen LogP contribution is 2.39. The molecule has 1 atom stereocenters. The Morgan fingerprint density at radius 1 is 1.13 bits per heavy atom. The van der Waals surface area contributed by atoms with Crippen molar-refractivity contribution in [3.05, 3.63) is 81.1 Å². The van der Waals surface area contributed by atoms with Crippen molar-refractivity contribution < 1.29 is 9.53 Å². The molecular formula is C24H25N3O3S. The first-order valence-corrected chi connectivity index (χ1v) is 11.3. The van der Waals surface area contributed by atoms with Gasteiger partial charge in [-0.25, -0.2) is 4.98 Å². The number of aromatic nitrogens is 2. The third kappa shape index (κ3) is 4.66. The summed E-state index contributed by atoms with van der Waals surface area (Å²) >= 11 is 1.44. The third-order valence-electron chi connectivity index (χ3n) is 5.21. The van der Waals surface area contributed by atoms with E-state index in [9.17, 15) is 9.59 Å². The summed E-state index contributed by atoms with van der Waals surface area (Å²) in [5.74, 6) is 1.11.